The third-order valence-electron chi connectivity index (χ3n) is 9.32. The SMILES string of the molecule is C[C@H]1CCC(c2ccc3c(c2)OC2(CCN(C)CC2)C3)N(C(=O)c2cc3c(cc2F)nc(N)c2cnn(C)c23)C1. The zero-order chi connectivity index (χ0) is 27.8. The van der Waals surface area contributed by atoms with Crippen LogP contribution in [0.4, 0.5) is 10.2 Å². The molecule has 0 aliphatic carbocycles. The molecule has 9 heteroatoms. The van der Waals surface area contributed by atoms with Crippen LogP contribution in [0.25, 0.3) is 21.8 Å². The average Bonchev–Trinajstić information content (AvgIpc) is 3.50. The highest BCUT2D eigenvalue weighted by Gasteiger charge is 2.42. The van der Waals surface area contributed by atoms with Crippen molar-refractivity contribution in [3.8, 4) is 5.75 Å². The Hall–Kier alpha value is -3.72. The molecule has 5 heterocycles. The van der Waals surface area contributed by atoms with Gasteiger partial charge >= 0.3 is 0 Å². The van der Waals surface area contributed by atoms with Crippen molar-refractivity contribution in [2.24, 2.45) is 13.0 Å². The minimum absolute atomic E-state index is 0.0448. The number of fused-ring (bicyclic) bond motifs is 4. The molecule has 4 aromatic rings. The second-order valence-corrected chi connectivity index (χ2v) is 12.2. The van der Waals surface area contributed by atoms with E-state index in [4.69, 9.17) is 10.5 Å². The number of carbonyl (C=O) groups excluding carboxylic acids is 1. The van der Waals surface area contributed by atoms with Gasteiger partial charge in [-0.25, -0.2) is 9.37 Å². The van der Waals surface area contributed by atoms with E-state index in [1.165, 1.54) is 11.6 Å². The molecule has 0 radical (unpaired) electrons. The summed E-state index contributed by atoms with van der Waals surface area (Å²) in [7, 11) is 3.96. The van der Waals surface area contributed by atoms with Crippen LogP contribution in [0.15, 0.2) is 36.5 Å². The Morgan fingerprint density at radius 3 is 2.73 bits per heavy atom. The Morgan fingerprint density at radius 2 is 1.93 bits per heavy atom. The van der Waals surface area contributed by atoms with E-state index in [9.17, 15) is 4.79 Å². The van der Waals surface area contributed by atoms with Gasteiger partial charge in [-0.2, -0.15) is 5.10 Å². The number of nitrogens with zero attached hydrogens (tertiary/aromatic N) is 5. The van der Waals surface area contributed by atoms with Crippen LogP contribution in [0.1, 0.15) is 60.1 Å². The molecule has 208 valence electrons. The number of nitrogens with two attached hydrogens (primary N) is 1. The third-order valence-corrected chi connectivity index (χ3v) is 9.32. The smallest absolute Gasteiger partial charge is 0.257 e. The summed E-state index contributed by atoms with van der Waals surface area (Å²) in [6, 6.07) is 9.23. The first-order valence-corrected chi connectivity index (χ1v) is 14.2. The Morgan fingerprint density at radius 1 is 1.12 bits per heavy atom. The summed E-state index contributed by atoms with van der Waals surface area (Å²) in [5.41, 5.74) is 9.47. The molecular formula is C31H35FN6O2. The summed E-state index contributed by atoms with van der Waals surface area (Å²) in [6.07, 6.45) is 6.44. The van der Waals surface area contributed by atoms with Gasteiger partial charge in [0.25, 0.3) is 5.91 Å². The molecule has 2 N–H and O–H groups in total. The quantitative estimate of drug-likeness (QED) is 0.389. The van der Waals surface area contributed by atoms with Crippen molar-refractivity contribution in [1.29, 1.82) is 0 Å². The van der Waals surface area contributed by atoms with Crippen LogP contribution < -0.4 is 10.5 Å². The Labute approximate surface area is 232 Å². The van der Waals surface area contributed by atoms with Crippen LogP contribution in [-0.2, 0) is 13.5 Å². The topological polar surface area (TPSA) is 89.5 Å². The molecule has 2 atom stereocenters. The number of rotatable bonds is 2. The maximum atomic E-state index is 15.5. The molecule has 3 aliphatic heterocycles. The van der Waals surface area contributed by atoms with Crippen molar-refractivity contribution in [1.82, 2.24) is 24.6 Å². The number of likely N-dealkylation sites (tertiary alicyclic amines) is 2. The van der Waals surface area contributed by atoms with E-state index in [1.54, 1.807) is 24.0 Å². The van der Waals surface area contributed by atoms with Crippen LogP contribution in [-0.4, -0.2) is 62.8 Å². The molecule has 7 rings (SSSR count). The largest absolute Gasteiger partial charge is 0.487 e. The number of hydrogen-bond donors (Lipinski definition) is 1. The Kier molecular flexibility index (Phi) is 5.78. The molecular weight excluding hydrogens is 507 g/mol. The summed E-state index contributed by atoms with van der Waals surface area (Å²) in [6.45, 7) is 4.79. The number of nitrogen functional groups attached to an aromatic ring is 1. The standard InChI is InChI=1S/C31H35FN6O2/c1-18-4-7-26(19-5-6-20-15-31(40-27(20)12-19)8-10-36(2)11-9-31)38(17-18)30(39)21-13-22-25(14-24(21)32)35-29(33)23-16-34-37(3)28(22)23/h5-6,12-14,16,18,26H,4,7-11,15,17H2,1-3H3,(H2,33,35)/t18-,26?/m0/s1. The molecule has 8 nitrogen and oxygen atoms in total. The van der Waals surface area contributed by atoms with Gasteiger partial charge in [0.2, 0.25) is 0 Å². The van der Waals surface area contributed by atoms with Gasteiger partial charge < -0.3 is 20.3 Å². The van der Waals surface area contributed by atoms with Gasteiger partial charge in [-0.1, -0.05) is 19.1 Å². The molecule has 3 aliphatic rings. The fourth-order valence-electron chi connectivity index (χ4n) is 6.96. The first-order chi connectivity index (χ1) is 19.2. The summed E-state index contributed by atoms with van der Waals surface area (Å²) in [5, 5.41) is 5.65. The number of ether oxygens (including phenoxy) is 1. The van der Waals surface area contributed by atoms with Crippen LogP contribution in [0, 0.1) is 11.7 Å². The van der Waals surface area contributed by atoms with E-state index in [0.717, 1.165) is 62.0 Å². The second kappa shape index (κ2) is 9.16. The van der Waals surface area contributed by atoms with Crippen molar-refractivity contribution in [3.63, 3.8) is 0 Å². The average molecular weight is 543 g/mol. The molecule has 1 amide bonds. The first-order valence-electron chi connectivity index (χ1n) is 14.2. The number of benzene rings is 2. The monoisotopic (exact) mass is 542 g/mol. The van der Waals surface area contributed by atoms with Gasteiger partial charge in [-0.3, -0.25) is 9.48 Å². The lowest BCUT2D eigenvalue weighted by Crippen LogP contribution is -2.45. The molecule has 2 fully saturated rings. The number of anilines is 1. The number of halogens is 1. The van der Waals surface area contributed by atoms with Gasteiger partial charge in [-0.05, 0) is 49.1 Å². The molecule has 2 saturated heterocycles. The third kappa shape index (κ3) is 4.01. The Bertz CT molecular complexity index is 1660. The maximum Gasteiger partial charge on any atom is 0.257 e. The summed E-state index contributed by atoms with van der Waals surface area (Å²) >= 11 is 0. The van der Waals surface area contributed by atoms with Gasteiger partial charge in [-0.15, -0.1) is 0 Å². The summed E-state index contributed by atoms with van der Waals surface area (Å²) in [4.78, 5) is 22.7. The number of hydrogen-bond acceptors (Lipinski definition) is 6. The number of piperidine rings is 2. The van der Waals surface area contributed by atoms with Crippen molar-refractivity contribution < 1.29 is 13.9 Å². The number of carbonyl (C=O) groups is 1. The molecule has 1 unspecified atom stereocenters. The molecule has 2 aromatic carbocycles. The minimum atomic E-state index is -0.593. The second-order valence-electron chi connectivity index (χ2n) is 12.2. The van der Waals surface area contributed by atoms with Gasteiger partial charge in [0.15, 0.2) is 0 Å². The normalized spacial score (nSPS) is 22.6. The predicted molar refractivity (Wildman–Crippen MR) is 153 cm³/mol. The molecule has 0 saturated carbocycles. The lowest BCUT2D eigenvalue weighted by molar-refractivity contribution is 0.0268. The highest BCUT2D eigenvalue weighted by atomic mass is 19.1. The fraction of sp³-hybridized carbons (Fsp3) is 0.452. The highest BCUT2D eigenvalue weighted by molar-refractivity contribution is 6.10. The Balaban J connectivity index is 1.24. The van der Waals surface area contributed by atoms with Crippen molar-refractivity contribution >= 4 is 33.5 Å². The van der Waals surface area contributed by atoms with Crippen molar-refractivity contribution in [2.45, 2.75) is 50.7 Å². The molecule has 1 spiro atoms. The number of amides is 1. The van der Waals surface area contributed by atoms with Crippen LogP contribution in [0.2, 0.25) is 0 Å². The van der Waals surface area contributed by atoms with Crippen molar-refractivity contribution in [3.05, 3.63) is 59.0 Å². The minimum Gasteiger partial charge on any atom is -0.487 e. The van der Waals surface area contributed by atoms with Crippen molar-refractivity contribution in [2.75, 3.05) is 32.4 Å². The highest BCUT2D eigenvalue weighted by Crippen LogP contribution is 2.44. The predicted octanol–water partition coefficient (Wildman–Crippen LogP) is 4.86. The van der Waals surface area contributed by atoms with Crippen LogP contribution in [0.3, 0.4) is 0 Å². The van der Waals surface area contributed by atoms with Gasteiger partial charge in [0, 0.05) is 57.4 Å². The number of pyridine rings is 1. The van der Waals surface area contributed by atoms with Gasteiger partial charge in [0.1, 0.15) is 23.0 Å². The summed E-state index contributed by atoms with van der Waals surface area (Å²) in [5.74, 6) is 0.648. The van der Waals surface area contributed by atoms with Crippen LogP contribution >= 0.6 is 0 Å². The van der Waals surface area contributed by atoms with Crippen LogP contribution in [0.5, 0.6) is 5.75 Å². The first kappa shape index (κ1) is 25.3. The van der Waals surface area contributed by atoms with E-state index in [1.807, 2.05) is 4.90 Å². The van der Waals surface area contributed by atoms with E-state index in [-0.39, 0.29) is 23.1 Å². The number of aromatic nitrogens is 3. The molecule has 0 bridgehead atoms. The molecule has 40 heavy (non-hydrogen) atoms. The van der Waals surface area contributed by atoms with E-state index >= 15 is 4.39 Å². The summed E-state index contributed by atoms with van der Waals surface area (Å²) < 4.78 is 23.9. The fourth-order valence-corrected chi connectivity index (χ4v) is 6.96. The zero-order valence-corrected chi connectivity index (χ0v) is 23.3. The lowest BCUT2D eigenvalue weighted by atomic mass is 9.86. The zero-order valence-electron chi connectivity index (χ0n) is 23.3. The van der Waals surface area contributed by atoms with E-state index < -0.39 is 5.82 Å². The lowest BCUT2D eigenvalue weighted by Gasteiger charge is -2.39. The number of aryl methyl sites for hydroxylation is 1. The van der Waals surface area contributed by atoms with Gasteiger partial charge in [0.05, 0.1) is 34.2 Å². The maximum absolute atomic E-state index is 15.5. The van der Waals surface area contributed by atoms with E-state index in [0.29, 0.717) is 34.6 Å². The molecule has 2 aromatic heterocycles. The van der Waals surface area contributed by atoms with E-state index in [2.05, 4.69) is 47.2 Å².